The van der Waals surface area contributed by atoms with Gasteiger partial charge in [-0.25, -0.2) is 5.43 Å². The van der Waals surface area contributed by atoms with Crippen molar-refractivity contribution in [1.82, 2.24) is 5.43 Å². The van der Waals surface area contributed by atoms with Gasteiger partial charge < -0.3 is 0 Å². The third-order valence-electron chi connectivity index (χ3n) is 5.73. The zero-order chi connectivity index (χ0) is 21.5. The lowest BCUT2D eigenvalue weighted by Gasteiger charge is -2.18. The van der Waals surface area contributed by atoms with Gasteiger partial charge in [0.25, 0.3) is 0 Å². The van der Waals surface area contributed by atoms with Crippen molar-refractivity contribution >= 4 is 17.7 Å². The van der Waals surface area contributed by atoms with E-state index in [0.717, 1.165) is 17.7 Å². The van der Waals surface area contributed by atoms with E-state index in [-0.39, 0.29) is 17.2 Å². The summed E-state index contributed by atoms with van der Waals surface area (Å²) in [6.45, 7) is 1.88. The van der Waals surface area contributed by atoms with Crippen LogP contribution in [0.1, 0.15) is 30.0 Å². The van der Waals surface area contributed by atoms with Gasteiger partial charge in [-0.2, -0.15) is 5.10 Å². The van der Waals surface area contributed by atoms with E-state index in [2.05, 4.69) is 34.8 Å². The van der Waals surface area contributed by atoms with Gasteiger partial charge in [0, 0.05) is 5.41 Å². The van der Waals surface area contributed by atoms with Crippen LogP contribution < -0.4 is 5.43 Å². The van der Waals surface area contributed by atoms with Gasteiger partial charge in [-0.15, -0.1) is 0 Å². The Bertz CT molecular complexity index is 1060. The molecule has 1 atom stereocenters. The van der Waals surface area contributed by atoms with Gasteiger partial charge in [0.05, 0.1) is 11.6 Å². The van der Waals surface area contributed by atoms with Gasteiger partial charge in [0.2, 0.25) is 5.91 Å². The number of rotatable bonds is 7. The first-order chi connectivity index (χ1) is 15.2. The first-order valence-corrected chi connectivity index (χ1v) is 10.5. The zero-order valence-corrected chi connectivity index (χ0v) is 17.6. The second-order valence-corrected chi connectivity index (χ2v) is 7.82. The number of nitrogens with zero attached hydrogens (tertiary/aromatic N) is 1. The summed E-state index contributed by atoms with van der Waals surface area (Å²) < 4.78 is 0. The summed E-state index contributed by atoms with van der Waals surface area (Å²) >= 11 is 0. The average Bonchev–Trinajstić information content (AvgIpc) is 3.59. The van der Waals surface area contributed by atoms with Crippen LogP contribution in [0.25, 0.3) is 6.08 Å². The maximum atomic E-state index is 12.9. The highest BCUT2D eigenvalue weighted by Crippen LogP contribution is 2.58. The average molecular weight is 407 g/mol. The summed E-state index contributed by atoms with van der Waals surface area (Å²) in [7, 11) is 0. The van der Waals surface area contributed by atoms with Crippen LogP contribution in [0.15, 0.2) is 114 Å². The van der Waals surface area contributed by atoms with Crippen molar-refractivity contribution in [2.75, 3.05) is 0 Å². The van der Waals surface area contributed by atoms with Gasteiger partial charge >= 0.3 is 0 Å². The molecule has 1 amide bonds. The van der Waals surface area contributed by atoms with Crippen molar-refractivity contribution in [1.29, 1.82) is 0 Å². The van der Waals surface area contributed by atoms with Gasteiger partial charge in [0.1, 0.15) is 0 Å². The highest BCUT2D eigenvalue weighted by Gasteiger charge is 2.60. The van der Waals surface area contributed by atoms with Crippen LogP contribution in [0, 0.1) is 5.92 Å². The van der Waals surface area contributed by atoms with Gasteiger partial charge in [-0.3, -0.25) is 4.79 Å². The Morgan fingerprint density at radius 3 is 2.00 bits per heavy atom. The molecule has 1 unspecified atom stereocenters. The molecule has 0 saturated heterocycles. The minimum atomic E-state index is -0.274. The smallest absolute Gasteiger partial charge is 0.244 e. The Kier molecular flexibility index (Phi) is 6.23. The van der Waals surface area contributed by atoms with Gasteiger partial charge in [-0.1, -0.05) is 109 Å². The fraction of sp³-hybridized carbons (Fsp3) is 0.143. The summed E-state index contributed by atoms with van der Waals surface area (Å²) in [5, 5.41) is 4.28. The summed E-state index contributed by atoms with van der Waals surface area (Å²) in [5.74, 6) is -0.170. The van der Waals surface area contributed by atoms with Crippen LogP contribution in [0.5, 0.6) is 0 Å². The topological polar surface area (TPSA) is 41.5 Å². The normalized spacial score (nSPS) is 17.7. The third-order valence-corrected chi connectivity index (χ3v) is 5.73. The summed E-state index contributed by atoms with van der Waals surface area (Å²) in [6, 6.07) is 30.7. The number of allylic oxidation sites excluding steroid dienone is 3. The lowest BCUT2D eigenvalue weighted by atomic mass is 9.85. The van der Waals surface area contributed by atoms with E-state index in [4.69, 9.17) is 0 Å². The largest absolute Gasteiger partial charge is 0.273 e. The highest BCUT2D eigenvalue weighted by atomic mass is 16.2. The number of carbonyl (C=O) groups is 1. The fourth-order valence-electron chi connectivity index (χ4n) is 4.04. The molecule has 1 aliphatic carbocycles. The Morgan fingerprint density at radius 1 is 0.871 bits per heavy atom. The molecule has 31 heavy (non-hydrogen) atoms. The molecule has 0 aliphatic heterocycles. The molecule has 3 nitrogen and oxygen atoms in total. The number of hydrazone groups is 1. The molecule has 0 aromatic heterocycles. The molecule has 1 N–H and O–H groups in total. The molecule has 0 spiro atoms. The predicted octanol–water partition coefficient (Wildman–Crippen LogP) is 5.75. The molecule has 1 saturated carbocycles. The van der Waals surface area contributed by atoms with E-state index in [1.54, 1.807) is 0 Å². The minimum absolute atomic E-state index is 0.0414. The Labute approximate surface area is 183 Å². The molecule has 3 aromatic carbocycles. The lowest BCUT2D eigenvalue weighted by Crippen LogP contribution is -2.26. The van der Waals surface area contributed by atoms with Crippen LogP contribution >= 0.6 is 0 Å². The number of hydrogen-bond acceptors (Lipinski definition) is 2. The number of amides is 1. The Morgan fingerprint density at radius 2 is 1.42 bits per heavy atom. The van der Waals surface area contributed by atoms with Crippen LogP contribution in [0.2, 0.25) is 0 Å². The summed E-state index contributed by atoms with van der Waals surface area (Å²) in [4.78, 5) is 12.9. The van der Waals surface area contributed by atoms with Crippen LogP contribution in [0.3, 0.4) is 0 Å². The second-order valence-electron chi connectivity index (χ2n) is 7.82. The zero-order valence-electron chi connectivity index (χ0n) is 17.6. The molecule has 4 rings (SSSR count). The van der Waals surface area contributed by atoms with Crippen molar-refractivity contribution in [2.45, 2.75) is 18.8 Å². The maximum absolute atomic E-state index is 12.9. The molecule has 3 heteroatoms. The monoisotopic (exact) mass is 406 g/mol. The first-order valence-electron chi connectivity index (χ1n) is 10.5. The summed E-state index contributed by atoms with van der Waals surface area (Å²) in [5.41, 5.74) is 6.73. The Balaban J connectivity index is 1.42. The lowest BCUT2D eigenvalue weighted by molar-refractivity contribution is -0.122. The first kappa shape index (κ1) is 20.5. The summed E-state index contributed by atoms with van der Waals surface area (Å²) in [6.07, 6.45) is 8.59. The standard InChI is InChI=1S/C28H26N2O/c1-22(13-11-12-16-23-14-5-2-6-15-23)29-30-27(31)26-21-28(26,24-17-7-3-8-18-24)25-19-9-4-10-20-25/h2-20,26H,21H2,1H3,(H,30,31)/b13-11+,16-12+,29-22+. The van der Waals surface area contributed by atoms with E-state index in [0.29, 0.717) is 0 Å². The molecule has 0 heterocycles. The third kappa shape index (κ3) is 4.72. The highest BCUT2D eigenvalue weighted by molar-refractivity contribution is 5.94. The number of hydrogen-bond donors (Lipinski definition) is 1. The quantitative estimate of drug-likeness (QED) is 0.303. The molecule has 1 fully saturated rings. The molecule has 3 aromatic rings. The van der Waals surface area contributed by atoms with E-state index >= 15 is 0 Å². The van der Waals surface area contributed by atoms with Crippen LogP contribution in [0.4, 0.5) is 0 Å². The number of nitrogens with one attached hydrogen (secondary N) is 1. The SMILES string of the molecule is CC(/C=C/C=C/c1ccccc1)=N\NC(=O)C1CC1(c1ccccc1)c1ccccc1. The van der Waals surface area contributed by atoms with Crippen molar-refractivity contribution in [2.24, 2.45) is 11.0 Å². The molecule has 0 bridgehead atoms. The molecule has 0 radical (unpaired) electrons. The maximum Gasteiger partial charge on any atom is 0.244 e. The van der Waals surface area contributed by atoms with Crippen molar-refractivity contribution in [3.05, 3.63) is 126 Å². The molecule has 1 aliphatic rings. The van der Waals surface area contributed by atoms with E-state index in [1.165, 1.54) is 11.1 Å². The van der Waals surface area contributed by atoms with E-state index in [1.807, 2.05) is 98.0 Å². The van der Waals surface area contributed by atoms with E-state index < -0.39 is 0 Å². The van der Waals surface area contributed by atoms with E-state index in [9.17, 15) is 4.79 Å². The van der Waals surface area contributed by atoms with Crippen LogP contribution in [-0.4, -0.2) is 11.6 Å². The van der Waals surface area contributed by atoms with Crippen molar-refractivity contribution in [3.63, 3.8) is 0 Å². The molecular weight excluding hydrogens is 380 g/mol. The number of carbonyl (C=O) groups excluding carboxylic acids is 1. The second kappa shape index (κ2) is 9.40. The van der Waals surface area contributed by atoms with Crippen molar-refractivity contribution in [3.8, 4) is 0 Å². The number of benzene rings is 3. The Hall–Kier alpha value is -3.72. The molecular formula is C28H26N2O. The molecule has 154 valence electrons. The van der Waals surface area contributed by atoms with Crippen LogP contribution in [-0.2, 0) is 10.2 Å². The minimum Gasteiger partial charge on any atom is -0.273 e. The van der Waals surface area contributed by atoms with Crippen molar-refractivity contribution < 1.29 is 4.79 Å². The van der Waals surface area contributed by atoms with Gasteiger partial charge in [-0.05, 0) is 36.1 Å². The predicted molar refractivity (Wildman–Crippen MR) is 128 cm³/mol. The van der Waals surface area contributed by atoms with Gasteiger partial charge in [0.15, 0.2) is 0 Å². The fourth-order valence-corrected chi connectivity index (χ4v) is 4.04.